The minimum Gasteiger partial charge on any atom is -0.458 e. The van der Waals surface area contributed by atoms with Crippen LogP contribution in [0, 0.1) is 6.33 Å². The van der Waals surface area contributed by atoms with E-state index in [1.165, 1.54) is 5.19 Å². The van der Waals surface area contributed by atoms with E-state index in [9.17, 15) is 5.48 Å². The lowest BCUT2D eigenvalue weighted by Crippen LogP contribution is -2.38. The van der Waals surface area contributed by atoms with E-state index in [4.69, 9.17) is 17.9 Å². The van der Waals surface area contributed by atoms with Crippen LogP contribution in [0.2, 0.25) is 19.6 Å². The molecule has 8 aromatic carbocycles. The van der Waals surface area contributed by atoms with Crippen molar-refractivity contribution in [1.82, 2.24) is 14.1 Å². The van der Waals surface area contributed by atoms with Crippen LogP contribution >= 0.6 is 0 Å². The highest BCUT2D eigenvalue weighted by Crippen LogP contribution is 2.38. The fourth-order valence-electron chi connectivity index (χ4n) is 9.07. The summed E-state index contributed by atoms with van der Waals surface area (Å²) in [5.74, 6) is 1.89. The van der Waals surface area contributed by atoms with Gasteiger partial charge in [-0.15, -0.1) is 0 Å². The lowest BCUT2D eigenvalue weighted by molar-refractivity contribution is -0.571. The topological polar surface area (TPSA) is 35.9 Å². The first-order chi connectivity index (χ1) is 36.6. The summed E-state index contributed by atoms with van der Waals surface area (Å²) in [5.41, 5.74) is 7.06. The van der Waals surface area contributed by atoms with Crippen LogP contribution < -0.4 is 14.5 Å². The Morgan fingerprint density at radius 2 is 1.24 bits per heavy atom. The van der Waals surface area contributed by atoms with E-state index in [1.807, 2.05) is 77.5 Å². The standard InChI is InChI=1S/C61H52N4OSi/c1-61(2,3)45-35-36-62-59(38-45)65-54-29-15-13-26-52(54)53-33-32-48(40-56(53)65)66-47-24-17-23-46(39-47)63-41-64(55-34-31-44(37-57(55)63)49-25-14-16-30-58(49)67(4,5)6)60-50(42-19-9-7-10-20-42)27-18-28-51(60)43-21-11-8-12-22-43/h7-40H,1-6H3/i7D,8D,9D,10D,11D,12D,19D,20D,21D,22D. The van der Waals surface area contributed by atoms with E-state index in [1.54, 1.807) is 22.8 Å². The van der Waals surface area contributed by atoms with Crippen molar-refractivity contribution < 1.29 is 23.0 Å². The van der Waals surface area contributed by atoms with Gasteiger partial charge in [-0.1, -0.05) is 185 Å². The molecule has 0 aliphatic rings. The predicted octanol–water partition coefficient (Wildman–Crippen LogP) is 14.8. The maximum Gasteiger partial charge on any atom is 0.269 e. The summed E-state index contributed by atoms with van der Waals surface area (Å²) in [6.45, 7) is 13.5. The third-order valence-electron chi connectivity index (χ3n) is 12.3. The summed E-state index contributed by atoms with van der Waals surface area (Å²) in [5, 5.41) is 3.38. The van der Waals surface area contributed by atoms with Gasteiger partial charge in [0.05, 0.1) is 55.2 Å². The SMILES string of the molecule is [2H]c1c([2H])c([2H])c(-c2cccc(-c3c([2H])c([2H])c([2H])c([2H])c3[2H])c2-[n+]2[c-]n(-c3cccc(Oc4ccc5c6ccccc6n(-c6cc(C(C)(C)C)ccn6)c5c4)c3)c3cc(-c4ccccc4[Si](C)(C)C)ccc32)c([2H])c1[2H]. The first kappa shape index (κ1) is 32.0. The van der Waals surface area contributed by atoms with Gasteiger partial charge >= 0.3 is 0 Å². The largest absolute Gasteiger partial charge is 0.458 e. The van der Waals surface area contributed by atoms with Gasteiger partial charge in [-0.2, -0.15) is 0 Å². The maximum atomic E-state index is 9.19. The quantitative estimate of drug-likeness (QED) is 0.0822. The van der Waals surface area contributed by atoms with Crippen molar-refractivity contribution in [3.05, 3.63) is 218 Å². The number of imidazole rings is 1. The highest BCUT2D eigenvalue weighted by molar-refractivity contribution is 6.89. The number of rotatable bonds is 9. The Morgan fingerprint density at radius 1 is 0.582 bits per heavy atom. The molecule has 0 atom stereocenters. The molecule has 0 spiro atoms. The van der Waals surface area contributed by atoms with Crippen LogP contribution in [-0.4, -0.2) is 22.2 Å². The number of para-hydroxylation sites is 2. The highest BCUT2D eigenvalue weighted by Gasteiger charge is 2.24. The molecule has 67 heavy (non-hydrogen) atoms. The maximum absolute atomic E-state index is 9.19. The Kier molecular flexibility index (Phi) is 7.90. The fourth-order valence-corrected chi connectivity index (χ4v) is 10.7. The molecule has 0 N–H and O–H groups in total. The Hall–Kier alpha value is -7.80. The van der Waals surface area contributed by atoms with Crippen molar-refractivity contribution in [2.45, 2.75) is 45.8 Å². The summed E-state index contributed by atoms with van der Waals surface area (Å²) in [4.78, 5) is 4.86. The van der Waals surface area contributed by atoms with Gasteiger partial charge in [0, 0.05) is 23.0 Å². The van der Waals surface area contributed by atoms with Crippen LogP contribution in [0.15, 0.2) is 206 Å². The average molecular weight is 895 g/mol. The van der Waals surface area contributed by atoms with Crippen LogP contribution in [0.25, 0.3) is 83.4 Å². The molecule has 0 aliphatic heterocycles. The van der Waals surface area contributed by atoms with Gasteiger partial charge in [0.2, 0.25) is 0 Å². The lowest BCUT2D eigenvalue weighted by Gasteiger charge is -2.21. The molecule has 5 nitrogen and oxygen atoms in total. The summed E-state index contributed by atoms with van der Waals surface area (Å²) in [6, 6.07) is 40.1. The number of fused-ring (bicyclic) bond motifs is 4. The minimum atomic E-state index is -1.90. The fraction of sp³-hybridized carbons (Fsp3) is 0.115. The van der Waals surface area contributed by atoms with E-state index >= 15 is 0 Å². The van der Waals surface area contributed by atoms with Crippen molar-refractivity contribution in [1.29, 1.82) is 0 Å². The van der Waals surface area contributed by atoms with E-state index in [0.29, 0.717) is 28.2 Å². The van der Waals surface area contributed by atoms with Gasteiger partial charge in [0.1, 0.15) is 17.3 Å². The first-order valence-electron chi connectivity index (χ1n) is 27.3. The molecule has 0 aliphatic carbocycles. The first-order valence-corrected chi connectivity index (χ1v) is 25.8. The summed E-state index contributed by atoms with van der Waals surface area (Å²) >= 11 is 0. The van der Waals surface area contributed by atoms with Crippen LogP contribution in [0.1, 0.15) is 40.0 Å². The monoisotopic (exact) mass is 894 g/mol. The third kappa shape index (κ3) is 7.73. The van der Waals surface area contributed by atoms with E-state index in [-0.39, 0.29) is 33.4 Å². The zero-order chi connectivity index (χ0) is 54.6. The van der Waals surface area contributed by atoms with Crippen LogP contribution in [-0.2, 0) is 5.41 Å². The molecule has 0 radical (unpaired) electrons. The molecule has 326 valence electrons. The second-order valence-electron chi connectivity index (χ2n) is 18.8. The summed E-state index contributed by atoms with van der Waals surface area (Å²) < 4.78 is 101. The molecule has 0 saturated carbocycles. The molecule has 3 heterocycles. The van der Waals surface area contributed by atoms with E-state index < -0.39 is 68.5 Å². The van der Waals surface area contributed by atoms with Crippen LogP contribution in [0.3, 0.4) is 0 Å². The molecule has 0 amide bonds. The summed E-state index contributed by atoms with van der Waals surface area (Å²) in [6.07, 6.45) is 5.42. The lowest BCUT2D eigenvalue weighted by atomic mass is 9.88. The molecule has 11 aromatic rings. The highest BCUT2D eigenvalue weighted by atomic mass is 28.3. The van der Waals surface area contributed by atoms with Gasteiger partial charge in [0.15, 0.2) is 0 Å². The smallest absolute Gasteiger partial charge is 0.269 e. The molecule has 3 aromatic heterocycles. The molecule has 0 saturated heterocycles. The van der Waals surface area contributed by atoms with Crippen molar-refractivity contribution in [2.24, 2.45) is 0 Å². The number of pyridine rings is 1. The molecule has 0 unspecified atom stereocenters. The molecule has 11 rings (SSSR count). The second kappa shape index (κ2) is 16.6. The van der Waals surface area contributed by atoms with Crippen LogP contribution in [0.4, 0.5) is 0 Å². The Labute approximate surface area is 407 Å². The predicted molar refractivity (Wildman–Crippen MR) is 280 cm³/mol. The third-order valence-corrected chi connectivity index (χ3v) is 14.4. The zero-order valence-electron chi connectivity index (χ0n) is 48.1. The van der Waals surface area contributed by atoms with Gasteiger partial charge in [-0.05, 0) is 99.0 Å². The normalized spacial score (nSPS) is 14.1. The van der Waals surface area contributed by atoms with E-state index in [0.717, 1.165) is 44.3 Å². The molecular weight excluding hydrogens is 833 g/mol. The van der Waals surface area contributed by atoms with Gasteiger partial charge < -0.3 is 4.74 Å². The van der Waals surface area contributed by atoms with Gasteiger partial charge in [-0.25, -0.2) is 4.98 Å². The number of hydrogen-bond donors (Lipinski definition) is 0. The van der Waals surface area contributed by atoms with Crippen molar-refractivity contribution in [3.63, 3.8) is 0 Å². The van der Waals surface area contributed by atoms with Crippen molar-refractivity contribution in [3.8, 4) is 62.1 Å². The van der Waals surface area contributed by atoms with Gasteiger partial charge in [0.25, 0.3) is 6.33 Å². The number of nitrogens with zero attached hydrogens (tertiary/aromatic N) is 4. The van der Waals surface area contributed by atoms with E-state index in [2.05, 4.69) is 106 Å². The van der Waals surface area contributed by atoms with Crippen molar-refractivity contribution in [2.75, 3.05) is 0 Å². The van der Waals surface area contributed by atoms with Gasteiger partial charge in [-0.3, -0.25) is 13.7 Å². The summed E-state index contributed by atoms with van der Waals surface area (Å²) in [7, 11) is -1.90. The second-order valence-corrected chi connectivity index (χ2v) is 23.8. The molecule has 0 bridgehead atoms. The number of aromatic nitrogens is 4. The van der Waals surface area contributed by atoms with Crippen LogP contribution in [0.5, 0.6) is 11.5 Å². The average Bonchev–Trinajstić information content (AvgIpc) is 4.18. The zero-order valence-corrected chi connectivity index (χ0v) is 39.1. The number of benzene rings is 8. The molecule has 6 heteroatoms. The molecular formula is C61H52N4OSi. The number of hydrogen-bond acceptors (Lipinski definition) is 2. The minimum absolute atomic E-state index is 0.0993. The number of ether oxygens (including phenoxy) is 1. The Balaban J connectivity index is 1.15. The molecule has 0 fully saturated rings. The Morgan fingerprint density at radius 3 is 1.97 bits per heavy atom. The Bertz CT molecular complexity index is 4100. The van der Waals surface area contributed by atoms with Crippen molar-refractivity contribution >= 4 is 46.1 Å².